The van der Waals surface area contributed by atoms with Crippen molar-refractivity contribution in [3.05, 3.63) is 24.0 Å². The normalized spacial score (nSPS) is 25.3. The monoisotopic (exact) mass is 321 g/mol. The summed E-state index contributed by atoms with van der Waals surface area (Å²) < 4.78 is 11.1. The molecule has 0 aliphatic carbocycles. The van der Waals surface area contributed by atoms with Crippen molar-refractivity contribution in [3.8, 4) is 0 Å². The van der Waals surface area contributed by atoms with Crippen molar-refractivity contribution in [1.82, 2.24) is 14.8 Å². The number of methoxy groups -OCH3 is 1. The fourth-order valence-electron chi connectivity index (χ4n) is 3.58. The molecule has 6 heteroatoms. The Balaban J connectivity index is 1.54. The van der Waals surface area contributed by atoms with Gasteiger partial charge in [0.15, 0.2) is 0 Å². The van der Waals surface area contributed by atoms with Gasteiger partial charge in [0, 0.05) is 51.6 Å². The van der Waals surface area contributed by atoms with E-state index in [-0.39, 0.29) is 12.0 Å². The van der Waals surface area contributed by atoms with Crippen LogP contribution in [0.2, 0.25) is 0 Å². The van der Waals surface area contributed by atoms with Crippen LogP contribution in [0, 0.1) is 0 Å². The minimum Gasteiger partial charge on any atom is -0.383 e. The van der Waals surface area contributed by atoms with E-state index in [1.54, 1.807) is 7.11 Å². The number of hydrogen-bond acceptors (Lipinski definition) is 4. The molecule has 0 saturated carbocycles. The van der Waals surface area contributed by atoms with Gasteiger partial charge in [0.2, 0.25) is 5.91 Å². The molecule has 0 radical (unpaired) electrons. The second kappa shape index (κ2) is 7.95. The molecule has 0 unspecified atom stereocenters. The number of nitrogens with one attached hydrogen (secondary N) is 1. The van der Waals surface area contributed by atoms with Crippen LogP contribution >= 0.6 is 0 Å². The molecule has 2 saturated heterocycles. The molecule has 6 nitrogen and oxygen atoms in total. The van der Waals surface area contributed by atoms with E-state index < -0.39 is 0 Å². The van der Waals surface area contributed by atoms with Crippen LogP contribution in [0.5, 0.6) is 0 Å². The lowest BCUT2D eigenvalue weighted by Gasteiger charge is -2.47. The average molecular weight is 321 g/mol. The van der Waals surface area contributed by atoms with Crippen molar-refractivity contribution in [1.29, 1.82) is 0 Å². The number of amides is 1. The largest absolute Gasteiger partial charge is 0.383 e. The number of hydrogen-bond donors (Lipinski definition) is 1. The fourth-order valence-corrected chi connectivity index (χ4v) is 3.58. The molecule has 1 N–H and O–H groups in total. The maximum absolute atomic E-state index is 12.5. The van der Waals surface area contributed by atoms with Crippen molar-refractivity contribution in [2.45, 2.75) is 31.4 Å². The van der Waals surface area contributed by atoms with Gasteiger partial charge >= 0.3 is 0 Å². The molecule has 2 fully saturated rings. The third kappa shape index (κ3) is 4.13. The van der Waals surface area contributed by atoms with E-state index in [0.29, 0.717) is 12.5 Å². The summed E-state index contributed by atoms with van der Waals surface area (Å²) in [5.41, 5.74) is 1.12. The molecule has 2 aliphatic rings. The number of carbonyl (C=O) groups excluding carboxylic acids is 1. The summed E-state index contributed by atoms with van der Waals surface area (Å²) in [5.74, 6) is 0.246. The van der Waals surface area contributed by atoms with Gasteiger partial charge in [0.05, 0.1) is 25.4 Å². The summed E-state index contributed by atoms with van der Waals surface area (Å²) >= 11 is 0. The molecule has 23 heavy (non-hydrogen) atoms. The van der Waals surface area contributed by atoms with E-state index in [1.807, 2.05) is 23.2 Å². The number of H-pyrrole nitrogens is 1. The van der Waals surface area contributed by atoms with Crippen molar-refractivity contribution in [3.63, 3.8) is 0 Å². The van der Waals surface area contributed by atoms with Gasteiger partial charge in [0.25, 0.3) is 0 Å². The summed E-state index contributed by atoms with van der Waals surface area (Å²) in [6.07, 6.45) is 4.44. The van der Waals surface area contributed by atoms with Crippen LogP contribution in [0.3, 0.4) is 0 Å². The number of carbonyl (C=O) groups is 1. The van der Waals surface area contributed by atoms with Gasteiger partial charge in [-0.3, -0.25) is 9.69 Å². The third-order valence-electron chi connectivity index (χ3n) is 4.91. The Morgan fingerprint density at radius 3 is 3.17 bits per heavy atom. The highest BCUT2D eigenvalue weighted by Crippen LogP contribution is 2.23. The molecule has 128 valence electrons. The summed E-state index contributed by atoms with van der Waals surface area (Å²) in [5, 5.41) is 0. The molecular weight excluding hydrogens is 294 g/mol. The first-order valence-electron chi connectivity index (χ1n) is 8.52. The van der Waals surface area contributed by atoms with Gasteiger partial charge < -0.3 is 19.4 Å². The van der Waals surface area contributed by atoms with Crippen LogP contribution in [-0.2, 0) is 20.7 Å². The minimum atomic E-state index is 0.246. The minimum absolute atomic E-state index is 0.246. The van der Waals surface area contributed by atoms with Crippen molar-refractivity contribution in [2.24, 2.45) is 0 Å². The van der Waals surface area contributed by atoms with Gasteiger partial charge in [-0.05, 0) is 25.0 Å². The van der Waals surface area contributed by atoms with Gasteiger partial charge in [-0.1, -0.05) is 0 Å². The highest BCUT2D eigenvalue weighted by atomic mass is 16.5. The molecular formula is C17H27N3O3. The first-order valence-corrected chi connectivity index (χ1v) is 8.52. The molecule has 2 atom stereocenters. The Bertz CT molecular complexity index is 491. The molecule has 3 rings (SSSR count). The lowest BCUT2D eigenvalue weighted by atomic mass is 9.98. The summed E-state index contributed by atoms with van der Waals surface area (Å²) in [7, 11) is 1.73. The number of aryl methyl sites for hydroxylation is 1. The average Bonchev–Trinajstić information content (AvgIpc) is 3.10. The molecule has 2 aliphatic heterocycles. The number of aromatic amines is 1. The Labute approximate surface area is 137 Å². The van der Waals surface area contributed by atoms with E-state index >= 15 is 0 Å². The molecule has 0 aromatic carbocycles. The van der Waals surface area contributed by atoms with Crippen molar-refractivity contribution >= 4 is 5.91 Å². The summed E-state index contributed by atoms with van der Waals surface area (Å²) in [6, 6.07) is 4.31. The number of morpholine rings is 1. The Morgan fingerprint density at radius 1 is 1.48 bits per heavy atom. The number of piperidine rings is 1. The lowest BCUT2D eigenvalue weighted by Crippen LogP contribution is -2.61. The lowest BCUT2D eigenvalue weighted by molar-refractivity contribution is -0.143. The van der Waals surface area contributed by atoms with Crippen molar-refractivity contribution < 1.29 is 14.3 Å². The van der Waals surface area contributed by atoms with E-state index in [0.717, 1.165) is 57.9 Å². The standard InChI is InChI=1S/C17H27N3O3/c1-22-11-9-19-10-12-23-16-6-8-20(13-15(16)19)17(21)5-4-14-3-2-7-18-14/h2-3,7,15-16,18H,4-6,8-13H2,1H3/t15-,16-/m0/s1. The number of nitrogens with zero attached hydrogens (tertiary/aromatic N) is 2. The predicted molar refractivity (Wildman–Crippen MR) is 87.3 cm³/mol. The number of aromatic nitrogens is 1. The van der Waals surface area contributed by atoms with E-state index in [9.17, 15) is 4.79 Å². The predicted octanol–water partition coefficient (Wildman–Crippen LogP) is 0.895. The number of ether oxygens (including phenoxy) is 2. The first-order chi connectivity index (χ1) is 11.3. The molecule has 0 spiro atoms. The zero-order valence-corrected chi connectivity index (χ0v) is 13.9. The number of fused-ring (bicyclic) bond motifs is 1. The topological polar surface area (TPSA) is 57.8 Å². The zero-order chi connectivity index (χ0) is 16.1. The molecule has 1 aromatic heterocycles. The van der Waals surface area contributed by atoms with Crippen LogP contribution in [0.15, 0.2) is 18.3 Å². The van der Waals surface area contributed by atoms with Gasteiger partial charge in [-0.2, -0.15) is 0 Å². The van der Waals surface area contributed by atoms with Gasteiger partial charge in [0.1, 0.15) is 0 Å². The highest BCUT2D eigenvalue weighted by Gasteiger charge is 2.37. The third-order valence-corrected chi connectivity index (χ3v) is 4.91. The van der Waals surface area contributed by atoms with E-state index in [2.05, 4.69) is 9.88 Å². The molecule has 1 aromatic rings. The Morgan fingerprint density at radius 2 is 2.39 bits per heavy atom. The van der Waals surface area contributed by atoms with Crippen molar-refractivity contribution in [2.75, 3.05) is 46.5 Å². The van der Waals surface area contributed by atoms with Crippen LogP contribution < -0.4 is 0 Å². The van der Waals surface area contributed by atoms with E-state index in [4.69, 9.17) is 9.47 Å². The Kier molecular flexibility index (Phi) is 5.70. The first kappa shape index (κ1) is 16.5. The quantitative estimate of drug-likeness (QED) is 0.846. The molecule has 1 amide bonds. The summed E-state index contributed by atoms with van der Waals surface area (Å²) in [6.45, 7) is 4.93. The second-order valence-corrected chi connectivity index (χ2v) is 6.33. The van der Waals surface area contributed by atoms with Gasteiger partial charge in [-0.25, -0.2) is 0 Å². The summed E-state index contributed by atoms with van der Waals surface area (Å²) in [4.78, 5) is 20.1. The zero-order valence-electron chi connectivity index (χ0n) is 13.9. The smallest absolute Gasteiger partial charge is 0.223 e. The number of rotatable bonds is 6. The van der Waals surface area contributed by atoms with Crippen LogP contribution in [0.1, 0.15) is 18.5 Å². The molecule has 3 heterocycles. The van der Waals surface area contributed by atoms with Crippen LogP contribution in [-0.4, -0.2) is 79.3 Å². The molecule has 0 bridgehead atoms. The SMILES string of the molecule is COCCN1CCO[C@H]2CCN(C(=O)CCc3ccc[nH]3)C[C@@H]21. The van der Waals surface area contributed by atoms with Crippen LogP contribution in [0.4, 0.5) is 0 Å². The second-order valence-electron chi connectivity index (χ2n) is 6.33. The van der Waals surface area contributed by atoms with E-state index in [1.165, 1.54) is 0 Å². The highest BCUT2D eigenvalue weighted by molar-refractivity contribution is 5.76. The maximum atomic E-state index is 12.5. The number of likely N-dealkylation sites (tertiary alicyclic amines) is 1. The fraction of sp³-hybridized carbons (Fsp3) is 0.706. The van der Waals surface area contributed by atoms with Crippen LogP contribution in [0.25, 0.3) is 0 Å². The van der Waals surface area contributed by atoms with Gasteiger partial charge in [-0.15, -0.1) is 0 Å². The maximum Gasteiger partial charge on any atom is 0.223 e. The Hall–Kier alpha value is -1.37.